The molecule has 0 aromatic rings. The zero-order valence-electron chi connectivity index (χ0n) is 15.2. The van der Waals surface area contributed by atoms with E-state index in [1.165, 1.54) is 83.3 Å². The van der Waals surface area contributed by atoms with Gasteiger partial charge in [0.25, 0.3) is 0 Å². The molecule has 0 bridgehead atoms. The minimum atomic E-state index is 0.616. The summed E-state index contributed by atoms with van der Waals surface area (Å²) in [4.78, 5) is 2.57. The van der Waals surface area contributed by atoms with E-state index in [-0.39, 0.29) is 0 Å². The first-order chi connectivity index (χ1) is 11.3. The van der Waals surface area contributed by atoms with Crippen molar-refractivity contribution in [1.29, 1.82) is 0 Å². The number of fused-ring (bicyclic) bond motifs is 1. The highest BCUT2D eigenvalue weighted by Gasteiger charge is 2.38. The summed E-state index contributed by atoms with van der Waals surface area (Å²) in [5, 5.41) is 4.87. The van der Waals surface area contributed by atoms with Gasteiger partial charge in [0.1, 0.15) is 6.61 Å². The van der Waals surface area contributed by atoms with E-state index in [0.717, 1.165) is 13.2 Å². The SMILES string of the molecule is CCCCC1=C(OCCN2CCCCC2)N(C)N2CCCCC12. The average molecular weight is 322 g/mol. The quantitative estimate of drug-likeness (QED) is 0.713. The number of hydrogen-bond acceptors (Lipinski definition) is 4. The summed E-state index contributed by atoms with van der Waals surface area (Å²) in [6, 6.07) is 0.616. The number of hydrazine groups is 1. The molecule has 3 aliphatic rings. The molecule has 3 rings (SSSR count). The minimum absolute atomic E-state index is 0.616. The van der Waals surface area contributed by atoms with Gasteiger partial charge in [-0.1, -0.05) is 26.2 Å². The third-order valence-electron chi connectivity index (χ3n) is 5.73. The van der Waals surface area contributed by atoms with Crippen LogP contribution in [0.1, 0.15) is 64.7 Å². The largest absolute Gasteiger partial charge is 0.477 e. The molecule has 0 aromatic carbocycles. The fourth-order valence-electron chi connectivity index (χ4n) is 4.38. The van der Waals surface area contributed by atoms with Crippen LogP contribution in [0.3, 0.4) is 0 Å². The molecule has 3 aliphatic heterocycles. The topological polar surface area (TPSA) is 19.0 Å². The van der Waals surface area contributed by atoms with E-state index in [1.54, 1.807) is 5.57 Å². The molecule has 2 fully saturated rings. The summed E-state index contributed by atoms with van der Waals surface area (Å²) in [5.74, 6) is 1.18. The number of hydrogen-bond donors (Lipinski definition) is 0. The Morgan fingerprint density at radius 1 is 1.04 bits per heavy atom. The monoisotopic (exact) mass is 321 g/mol. The molecule has 132 valence electrons. The Morgan fingerprint density at radius 2 is 1.83 bits per heavy atom. The minimum Gasteiger partial charge on any atom is -0.477 e. The predicted octanol–water partition coefficient (Wildman–Crippen LogP) is 3.61. The van der Waals surface area contributed by atoms with E-state index in [2.05, 4.69) is 28.9 Å². The zero-order valence-corrected chi connectivity index (χ0v) is 15.2. The van der Waals surface area contributed by atoms with Crippen molar-refractivity contribution in [3.63, 3.8) is 0 Å². The van der Waals surface area contributed by atoms with Crippen LogP contribution in [0.25, 0.3) is 0 Å². The maximum absolute atomic E-state index is 6.34. The molecule has 1 atom stereocenters. The van der Waals surface area contributed by atoms with Crippen molar-refractivity contribution in [3.8, 4) is 0 Å². The van der Waals surface area contributed by atoms with E-state index in [1.807, 2.05) is 0 Å². The highest BCUT2D eigenvalue weighted by atomic mass is 16.5. The van der Waals surface area contributed by atoms with Gasteiger partial charge in [-0.2, -0.15) is 0 Å². The molecule has 4 heteroatoms. The van der Waals surface area contributed by atoms with E-state index in [9.17, 15) is 0 Å². The van der Waals surface area contributed by atoms with Crippen LogP contribution < -0.4 is 0 Å². The number of rotatable bonds is 7. The zero-order chi connectivity index (χ0) is 16.1. The third kappa shape index (κ3) is 4.03. The second kappa shape index (κ2) is 8.39. The lowest BCUT2D eigenvalue weighted by molar-refractivity contribution is -0.0373. The second-order valence-corrected chi connectivity index (χ2v) is 7.38. The Hall–Kier alpha value is -0.740. The lowest BCUT2D eigenvalue weighted by atomic mass is 9.95. The Labute approximate surface area is 142 Å². The summed E-state index contributed by atoms with van der Waals surface area (Å²) in [6.45, 7) is 7.93. The Morgan fingerprint density at radius 3 is 2.61 bits per heavy atom. The second-order valence-electron chi connectivity index (χ2n) is 7.38. The summed E-state index contributed by atoms with van der Waals surface area (Å²) in [6.07, 6.45) is 11.9. The molecule has 1 unspecified atom stereocenters. The van der Waals surface area contributed by atoms with Gasteiger partial charge in [0.2, 0.25) is 5.88 Å². The molecular weight excluding hydrogens is 286 g/mol. The average Bonchev–Trinajstić information content (AvgIpc) is 2.86. The van der Waals surface area contributed by atoms with Gasteiger partial charge in [0, 0.05) is 25.7 Å². The Balaban J connectivity index is 1.60. The number of ether oxygens (including phenoxy) is 1. The van der Waals surface area contributed by atoms with Crippen LogP contribution in [0.5, 0.6) is 0 Å². The van der Waals surface area contributed by atoms with Crippen molar-refractivity contribution >= 4 is 0 Å². The fraction of sp³-hybridized carbons (Fsp3) is 0.895. The highest BCUT2D eigenvalue weighted by molar-refractivity contribution is 5.21. The smallest absolute Gasteiger partial charge is 0.204 e. The van der Waals surface area contributed by atoms with Gasteiger partial charge in [-0.3, -0.25) is 9.91 Å². The van der Waals surface area contributed by atoms with Crippen molar-refractivity contribution in [2.75, 3.05) is 39.8 Å². The molecule has 0 saturated carbocycles. The van der Waals surface area contributed by atoms with E-state index in [0.29, 0.717) is 6.04 Å². The van der Waals surface area contributed by atoms with Crippen molar-refractivity contribution < 1.29 is 4.74 Å². The van der Waals surface area contributed by atoms with Crippen LogP contribution in [-0.4, -0.2) is 60.8 Å². The molecule has 4 nitrogen and oxygen atoms in total. The van der Waals surface area contributed by atoms with Crippen LogP contribution in [0.4, 0.5) is 0 Å². The molecule has 2 saturated heterocycles. The first-order valence-electron chi connectivity index (χ1n) is 9.89. The van der Waals surface area contributed by atoms with Gasteiger partial charge in [-0.15, -0.1) is 0 Å². The van der Waals surface area contributed by atoms with Crippen molar-refractivity contribution in [2.24, 2.45) is 0 Å². The van der Waals surface area contributed by atoms with Crippen LogP contribution in [0, 0.1) is 0 Å². The number of likely N-dealkylation sites (tertiary alicyclic amines) is 1. The molecule has 0 amide bonds. The van der Waals surface area contributed by atoms with E-state index in [4.69, 9.17) is 4.74 Å². The normalized spacial score (nSPS) is 26.7. The fourth-order valence-corrected chi connectivity index (χ4v) is 4.38. The molecule has 0 aliphatic carbocycles. The van der Waals surface area contributed by atoms with Crippen molar-refractivity contribution in [1.82, 2.24) is 14.9 Å². The lowest BCUT2D eigenvalue weighted by Crippen LogP contribution is -2.44. The lowest BCUT2D eigenvalue weighted by Gasteiger charge is -2.35. The maximum atomic E-state index is 6.34. The number of piperidine rings is 2. The van der Waals surface area contributed by atoms with Crippen LogP contribution in [-0.2, 0) is 4.74 Å². The van der Waals surface area contributed by atoms with Crippen molar-refractivity contribution in [2.45, 2.75) is 70.8 Å². The van der Waals surface area contributed by atoms with Gasteiger partial charge >= 0.3 is 0 Å². The van der Waals surface area contributed by atoms with Crippen LogP contribution in [0.15, 0.2) is 11.5 Å². The van der Waals surface area contributed by atoms with Gasteiger partial charge in [0.15, 0.2) is 0 Å². The van der Waals surface area contributed by atoms with E-state index >= 15 is 0 Å². The van der Waals surface area contributed by atoms with Gasteiger partial charge < -0.3 is 4.74 Å². The highest BCUT2D eigenvalue weighted by Crippen LogP contribution is 2.37. The van der Waals surface area contributed by atoms with Gasteiger partial charge in [-0.05, 0) is 51.6 Å². The van der Waals surface area contributed by atoms with Crippen LogP contribution in [0.2, 0.25) is 0 Å². The molecule has 3 heterocycles. The number of unbranched alkanes of at least 4 members (excludes halogenated alkanes) is 1. The molecule has 0 N–H and O–H groups in total. The molecule has 23 heavy (non-hydrogen) atoms. The standard InChI is InChI=1S/C19H35N3O/c1-3-4-10-17-18-11-6-9-14-22(18)20(2)19(17)23-16-15-21-12-7-5-8-13-21/h18H,3-16H2,1-2H3. The Bertz CT molecular complexity index is 403. The predicted molar refractivity (Wildman–Crippen MR) is 94.9 cm³/mol. The number of nitrogens with zero attached hydrogens (tertiary/aromatic N) is 3. The molecule has 0 aromatic heterocycles. The van der Waals surface area contributed by atoms with Gasteiger partial charge in [-0.25, -0.2) is 5.01 Å². The van der Waals surface area contributed by atoms with Crippen LogP contribution >= 0.6 is 0 Å². The first-order valence-corrected chi connectivity index (χ1v) is 9.89. The Kier molecular flexibility index (Phi) is 6.23. The maximum Gasteiger partial charge on any atom is 0.204 e. The summed E-state index contributed by atoms with van der Waals surface area (Å²) in [5.41, 5.74) is 1.58. The third-order valence-corrected chi connectivity index (χ3v) is 5.73. The summed E-state index contributed by atoms with van der Waals surface area (Å²) in [7, 11) is 2.20. The van der Waals surface area contributed by atoms with E-state index < -0.39 is 0 Å². The molecule has 0 spiro atoms. The molecule has 0 radical (unpaired) electrons. The van der Waals surface area contributed by atoms with Gasteiger partial charge in [0.05, 0.1) is 6.04 Å². The van der Waals surface area contributed by atoms with Crippen molar-refractivity contribution in [3.05, 3.63) is 11.5 Å². The first kappa shape index (κ1) is 17.1. The summed E-state index contributed by atoms with van der Waals surface area (Å²) < 4.78 is 6.34. The molecular formula is C19H35N3O. The summed E-state index contributed by atoms with van der Waals surface area (Å²) >= 11 is 0.